The van der Waals surface area contributed by atoms with E-state index in [0.29, 0.717) is 6.42 Å². The van der Waals surface area contributed by atoms with Crippen LogP contribution < -0.4 is 4.74 Å². The Bertz CT molecular complexity index is 436. The maximum absolute atomic E-state index is 11.1. The predicted octanol–water partition coefficient (Wildman–Crippen LogP) is 3.12. The molecule has 0 aromatic heterocycles. The van der Waals surface area contributed by atoms with E-state index < -0.39 is 0 Å². The van der Waals surface area contributed by atoms with Crippen LogP contribution in [0.2, 0.25) is 0 Å². The van der Waals surface area contributed by atoms with Gasteiger partial charge in [0.15, 0.2) is 0 Å². The summed E-state index contributed by atoms with van der Waals surface area (Å²) in [7, 11) is 3.12. The Morgan fingerprint density at radius 2 is 1.83 bits per heavy atom. The molecule has 1 aromatic rings. The minimum absolute atomic E-state index is 0.157. The monoisotopic (exact) mass is 250 g/mol. The Balaban J connectivity index is 2.88. The van der Waals surface area contributed by atoms with Crippen molar-refractivity contribution in [2.45, 2.75) is 40.0 Å². The highest BCUT2D eigenvalue weighted by atomic mass is 16.5. The number of carbonyl (C=O) groups is 1. The number of methoxy groups -OCH3 is 2. The molecule has 0 N–H and O–H groups in total. The SMILES string of the molecule is COC(=O)CCCc1c(C)cc(C)c(C)c1OC. The van der Waals surface area contributed by atoms with E-state index in [-0.39, 0.29) is 5.97 Å². The zero-order chi connectivity index (χ0) is 13.7. The second-order valence-corrected chi connectivity index (χ2v) is 4.58. The molecular weight excluding hydrogens is 228 g/mol. The van der Waals surface area contributed by atoms with Gasteiger partial charge < -0.3 is 9.47 Å². The quantitative estimate of drug-likeness (QED) is 0.753. The fourth-order valence-corrected chi connectivity index (χ4v) is 2.20. The van der Waals surface area contributed by atoms with Crippen molar-refractivity contribution in [3.8, 4) is 5.75 Å². The number of rotatable bonds is 5. The van der Waals surface area contributed by atoms with E-state index in [1.165, 1.54) is 29.4 Å². The molecule has 3 heteroatoms. The van der Waals surface area contributed by atoms with Crippen LogP contribution in [0.25, 0.3) is 0 Å². The standard InChI is InChI=1S/C15H22O3/c1-10-9-11(2)13(15(18-5)12(10)3)7-6-8-14(16)17-4/h9H,6-8H2,1-5H3. The minimum atomic E-state index is -0.157. The zero-order valence-corrected chi connectivity index (χ0v) is 11.9. The van der Waals surface area contributed by atoms with Crippen LogP contribution in [-0.4, -0.2) is 20.2 Å². The number of hydrogen-bond acceptors (Lipinski definition) is 3. The van der Waals surface area contributed by atoms with Crippen LogP contribution in [0.15, 0.2) is 6.07 Å². The largest absolute Gasteiger partial charge is 0.496 e. The first-order valence-corrected chi connectivity index (χ1v) is 6.21. The molecule has 1 aromatic carbocycles. The summed E-state index contributed by atoms with van der Waals surface area (Å²) in [6.07, 6.45) is 2.07. The Morgan fingerprint density at radius 3 is 2.39 bits per heavy atom. The van der Waals surface area contributed by atoms with Crippen molar-refractivity contribution < 1.29 is 14.3 Å². The summed E-state index contributed by atoms with van der Waals surface area (Å²) in [5.74, 6) is 0.799. The van der Waals surface area contributed by atoms with Gasteiger partial charge in [0.1, 0.15) is 5.75 Å². The van der Waals surface area contributed by atoms with Crippen LogP contribution in [0.5, 0.6) is 5.75 Å². The van der Waals surface area contributed by atoms with Crippen LogP contribution in [0, 0.1) is 20.8 Å². The van der Waals surface area contributed by atoms with Crippen molar-refractivity contribution in [3.63, 3.8) is 0 Å². The van der Waals surface area contributed by atoms with E-state index in [9.17, 15) is 4.79 Å². The average Bonchev–Trinajstić information content (AvgIpc) is 2.35. The Morgan fingerprint density at radius 1 is 1.17 bits per heavy atom. The second kappa shape index (κ2) is 6.43. The lowest BCUT2D eigenvalue weighted by Crippen LogP contribution is -2.04. The van der Waals surface area contributed by atoms with E-state index >= 15 is 0 Å². The van der Waals surface area contributed by atoms with E-state index in [0.717, 1.165) is 18.6 Å². The summed E-state index contributed by atoms with van der Waals surface area (Å²) in [6, 6.07) is 2.17. The van der Waals surface area contributed by atoms with Gasteiger partial charge in [-0.05, 0) is 55.9 Å². The molecule has 0 fully saturated rings. The Hall–Kier alpha value is -1.51. The molecule has 0 aliphatic carbocycles. The molecule has 0 aliphatic heterocycles. The Kier molecular flexibility index (Phi) is 5.20. The molecule has 0 amide bonds. The summed E-state index contributed by atoms with van der Waals surface area (Å²) < 4.78 is 10.2. The van der Waals surface area contributed by atoms with Gasteiger partial charge in [-0.15, -0.1) is 0 Å². The van der Waals surface area contributed by atoms with E-state index in [2.05, 4.69) is 31.6 Å². The number of ether oxygens (including phenoxy) is 2. The van der Waals surface area contributed by atoms with Crippen LogP contribution in [0.3, 0.4) is 0 Å². The molecule has 18 heavy (non-hydrogen) atoms. The van der Waals surface area contributed by atoms with Gasteiger partial charge >= 0.3 is 5.97 Å². The maximum Gasteiger partial charge on any atom is 0.305 e. The third-order valence-corrected chi connectivity index (χ3v) is 3.35. The lowest BCUT2D eigenvalue weighted by molar-refractivity contribution is -0.140. The molecule has 1 rings (SSSR count). The predicted molar refractivity (Wildman–Crippen MR) is 72.2 cm³/mol. The van der Waals surface area contributed by atoms with Crippen LogP contribution >= 0.6 is 0 Å². The highest BCUT2D eigenvalue weighted by Gasteiger charge is 2.12. The zero-order valence-electron chi connectivity index (χ0n) is 11.9. The number of benzene rings is 1. The van der Waals surface area contributed by atoms with Gasteiger partial charge in [0.25, 0.3) is 0 Å². The van der Waals surface area contributed by atoms with E-state index in [1.807, 2.05) is 0 Å². The average molecular weight is 250 g/mol. The molecule has 3 nitrogen and oxygen atoms in total. The van der Waals surface area contributed by atoms with Crippen molar-refractivity contribution in [2.24, 2.45) is 0 Å². The van der Waals surface area contributed by atoms with Gasteiger partial charge in [-0.25, -0.2) is 0 Å². The first-order chi connectivity index (χ1) is 8.51. The topological polar surface area (TPSA) is 35.5 Å². The highest BCUT2D eigenvalue weighted by Crippen LogP contribution is 2.30. The molecule has 0 heterocycles. The fourth-order valence-electron chi connectivity index (χ4n) is 2.20. The van der Waals surface area contributed by atoms with Gasteiger partial charge in [-0.3, -0.25) is 4.79 Å². The van der Waals surface area contributed by atoms with Gasteiger partial charge in [0.05, 0.1) is 14.2 Å². The third kappa shape index (κ3) is 3.25. The normalized spacial score (nSPS) is 10.3. The third-order valence-electron chi connectivity index (χ3n) is 3.35. The van der Waals surface area contributed by atoms with Gasteiger partial charge in [-0.2, -0.15) is 0 Å². The van der Waals surface area contributed by atoms with Crippen LogP contribution in [0.4, 0.5) is 0 Å². The molecular formula is C15H22O3. The lowest BCUT2D eigenvalue weighted by Gasteiger charge is -2.16. The van der Waals surface area contributed by atoms with Gasteiger partial charge in [-0.1, -0.05) is 6.07 Å². The molecule has 0 radical (unpaired) electrons. The Labute approximate surface area is 109 Å². The molecule has 0 saturated carbocycles. The van der Waals surface area contributed by atoms with Crippen LogP contribution in [-0.2, 0) is 16.0 Å². The number of carbonyl (C=O) groups excluding carboxylic acids is 1. The van der Waals surface area contributed by atoms with Crippen molar-refractivity contribution in [3.05, 3.63) is 28.3 Å². The van der Waals surface area contributed by atoms with Crippen molar-refractivity contribution in [2.75, 3.05) is 14.2 Å². The van der Waals surface area contributed by atoms with Crippen molar-refractivity contribution in [1.82, 2.24) is 0 Å². The maximum atomic E-state index is 11.1. The summed E-state index contributed by atoms with van der Waals surface area (Å²) in [4.78, 5) is 11.1. The summed E-state index contributed by atoms with van der Waals surface area (Å²) in [5, 5.41) is 0. The van der Waals surface area contributed by atoms with Crippen molar-refractivity contribution in [1.29, 1.82) is 0 Å². The first-order valence-electron chi connectivity index (χ1n) is 6.21. The van der Waals surface area contributed by atoms with Gasteiger partial charge in [0.2, 0.25) is 0 Å². The van der Waals surface area contributed by atoms with E-state index in [4.69, 9.17) is 4.74 Å². The highest BCUT2D eigenvalue weighted by molar-refractivity contribution is 5.69. The number of esters is 1. The van der Waals surface area contributed by atoms with Crippen molar-refractivity contribution >= 4 is 5.97 Å². The minimum Gasteiger partial charge on any atom is -0.496 e. The second-order valence-electron chi connectivity index (χ2n) is 4.58. The number of aryl methyl sites for hydroxylation is 2. The molecule has 100 valence electrons. The smallest absolute Gasteiger partial charge is 0.305 e. The molecule has 0 spiro atoms. The molecule has 0 unspecified atom stereocenters. The summed E-state index contributed by atoms with van der Waals surface area (Å²) in [5.41, 5.74) is 4.83. The lowest BCUT2D eigenvalue weighted by atomic mass is 9.95. The van der Waals surface area contributed by atoms with E-state index in [1.54, 1.807) is 7.11 Å². The fraction of sp³-hybridized carbons (Fsp3) is 0.533. The van der Waals surface area contributed by atoms with Crippen LogP contribution in [0.1, 0.15) is 35.1 Å². The molecule has 0 bridgehead atoms. The molecule has 0 saturated heterocycles. The molecule has 0 aliphatic rings. The summed E-state index contributed by atoms with van der Waals surface area (Å²) in [6.45, 7) is 6.24. The first kappa shape index (κ1) is 14.6. The molecule has 0 atom stereocenters. The van der Waals surface area contributed by atoms with Gasteiger partial charge in [0, 0.05) is 6.42 Å². The summed E-state index contributed by atoms with van der Waals surface area (Å²) >= 11 is 0. The number of hydrogen-bond donors (Lipinski definition) is 0.